The predicted molar refractivity (Wildman–Crippen MR) is 78.8 cm³/mol. The number of anilines is 1. The molecule has 1 fully saturated rings. The Labute approximate surface area is 119 Å². The fourth-order valence-electron chi connectivity index (χ4n) is 2.67. The largest absolute Gasteiger partial charge is 0.496 e. The molecule has 0 aliphatic carbocycles. The Morgan fingerprint density at radius 3 is 2.40 bits per heavy atom. The van der Waals surface area contributed by atoms with Crippen LogP contribution in [0, 0.1) is 13.8 Å². The summed E-state index contributed by atoms with van der Waals surface area (Å²) in [6, 6.07) is 4.22. The summed E-state index contributed by atoms with van der Waals surface area (Å²) in [4.78, 5) is 15.0. The van der Waals surface area contributed by atoms with Gasteiger partial charge in [0.25, 0.3) is 0 Å². The molecule has 5 heteroatoms. The number of nitrogens with zero attached hydrogens (tertiary/aromatic N) is 2. The number of aryl methyl sites for hydroxylation is 2. The van der Waals surface area contributed by atoms with Gasteiger partial charge in [-0.15, -0.1) is 0 Å². The molecule has 0 saturated carbocycles. The predicted octanol–water partition coefficient (Wildman–Crippen LogP) is 1.52. The number of aliphatic carboxylic acids is 1. The van der Waals surface area contributed by atoms with Crippen molar-refractivity contribution in [2.24, 2.45) is 0 Å². The Hall–Kier alpha value is -1.75. The summed E-state index contributed by atoms with van der Waals surface area (Å²) in [5.41, 5.74) is 3.54. The Balaban J connectivity index is 2.07. The van der Waals surface area contributed by atoms with Crippen LogP contribution in [0.5, 0.6) is 5.75 Å². The number of hydrogen-bond acceptors (Lipinski definition) is 4. The van der Waals surface area contributed by atoms with E-state index in [1.165, 1.54) is 11.3 Å². The van der Waals surface area contributed by atoms with Crippen molar-refractivity contribution in [3.05, 3.63) is 23.3 Å². The molecule has 1 aromatic rings. The van der Waals surface area contributed by atoms with Gasteiger partial charge >= 0.3 is 5.97 Å². The van der Waals surface area contributed by atoms with Crippen molar-refractivity contribution in [3.8, 4) is 5.75 Å². The summed E-state index contributed by atoms with van der Waals surface area (Å²) in [5, 5.41) is 8.82. The second-order valence-corrected chi connectivity index (χ2v) is 5.27. The highest BCUT2D eigenvalue weighted by molar-refractivity contribution is 5.69. The van der Waals surface area contributed by atoms with E-state index in [0.29, 0.717) is 0 Å². The van der Waals surface area contributed by atoms with Gasteiger partial charge in [-0.3, -0.25) is 9.69 Å². The van der Waals surface area contributed by atoms with Crippen LogP contribution >= 0.6 is 0 Å². The second-order valence-electron chi connectivity index (χ2n) is 5.27. The molecule has 0 bridgehead atoms. The normalized spacial score (nSPS) is 16.2. The third-order valence-electron chi connectivity index (χ3n) is 3.79. The summed E-state index contributed by atoms with van der Waals surface area (Å²) in [6.45, 7) is 7.56. The third-order valence-corrected chi connectivity index (χ3v) is 3.79. The topological polar surface area (TPSA) is 53.0 Å². The molecule has 0 amide bonds. The van der Waals surface area contributed by atoms with Crippen LogP contribution in [0.3, 0.4) is 0 Å². The molecule has 0 radical (unpaired) electrons. The van der Waals surface area contributed by atoms with Gasteiger partial charge in [-0.2, -0.15) is 0 Å². The van der Waals surface area contributed by atoms with Crippen molar-refractivity contribution < 1.29 is 14.6 Å². The third kappa shape index (κ3) is 3.22. The second kappa shape index (κ2) is 6.13. The molecule has 5 nitrogen and oxygen atoms in total. The zero-order valence-corrected chi connectivity index (χ0v) is 12.3. The van der Waals surface area contributed by atoms with Crippen LogP contribution < -0.4 is 9.64 Å². The van der Waals surface area contributed by atoms with Gasteiger partial charge in [0.05, 0.1) is 13.7 Å². The lowest BCUT2D eigenvalue weighted by atomic mass is 10.1. The SMILES string of the molecule is COc1cc(C)c(N2CCN(CC(=O)O)CC2)cc1C. The Morgan fingerprint density at radius 1 is 1.20 bits per heavy atom. The molecule has 1 aliphatic rings. The van der Waals surface area contributed by atoms with Crippen molar-refractivity contribution in [1.29, 1.82) is 0 Å². The van der Waals surface area contributed by atoms with Gasteiger partial charge in [-0.25, -0.2) is 0 Å². The first kappa shape index (κ1) is 14.7. The van der Waals surface area contributed by atoms with Crippen LogP contribution in [0.1, 0.15) is 11.1 Å². The molecule has 1 heterocycles. The Morgan fingerprint density at radius 2 is 1.85 bits per heavy atom. The number of benzene rings is 1. The van der Waals surface area contributed by atoms with Crippen molar-refractivity contribution in [3.63, 3.8) is 0 Å². The quantitative estimate of drug-likeness (QED) is 0.905. The molecule has 1 N–H and O–H groups in total. The molecule has 0 atom stereocenters. The Kier molecular flexibility index (Phi) is 4.49. The zero-order valence-electron chi connectivity index (χ0n) is 12.3. The monoisotopic (exact) mass is 278 g/mol. The van der Waals surface area contributed by atoms with E-state index in [-0.39, 0.29) is 6.54 Å². The molecule has 20 heavy (non-hydrogen) atoms. The van der Waals surface area contributed by atoms with E-state index in [0.717, 1.165) is 37.5 Å². The first-order valence-corrected chi connectivity index (χ1v) is 6.85. The van der Waals surface area contributed by atoms with Crippen molar-refractivity contribution >= 4 is 11.7 Å². The highest BCUT2D eigenvalue weighted by Crippen LogP contribution is 2.29. The number of carboxylic acids is 1. The highest BCUT2D eigenvalue weighted by Gasteiger charge is 2.20. The molecule has 0 aromatic heterocycles. The van der Waals surface area contributed by atoms with Crippen LogP contribution in [0.4, 0.5) is 5.69 Å². The molecular formula is C15H22N2O3. The molecule has 110 valence electrons. The van der Waals surface area contributed by atoms with Crippen LogP contribution in [-0.2, 0) is 4.79 Å². The van der Waals surface area contributed by atoms with Crippen molar-refractivity contribution in [2.45, 2.75) is 13.8 Å². The van der Waals surface area contributed by atoms with Gasteiger partial charge in [-0.05, 0) is 37.1 Å². The van der Waals surface area contributed by atoms with Gasteiger partial charge in [0.2, 0.25) is 0 Å². The molecule has 0 unspecified atom stereocenters. The fourth-order valence-corrected chi connectivity index (χ4v) is 2.67. The summed E-state index contributed by atoms with van der Waals surface area (Å²) < 4.78 is 5.34. The standard InChI is InChI=1S/C15H22N2O3/c1-11-9-14(20-3)12(2)8-13(11)17-6-4-16(5-7-17)10-15(18)19/h8-9H,4-7,10H2,1-3H3,(H,18,19). The minimum atomic E-state index is -0.755. The lowest BCUT2D eigenvalue weighted by Crippen LogP contribution is -2.48. The summed E-state index contributed by atoms with van der Waals surface area (Å²) in [6.07, 6.45) is 0. The van der Waals surface area contributed by atoms with Crippen LogP contribution in [0.2, 0.25) is 0 Å². The molecule has 1 aliphatic heterocycles. The van der Waals surface area contributed by atoms with E-state index in [9.17, 15) is 4.79 Å². The zero-order chi connectivity index (χ0) is 14.7. The van der Waals surface area contributed by atoms with Gasteiger partial charge in [-0.1, -0.05) is 0 Å². The molecule has 2 rings (SSSR count). The summed E-state index contributed by atoms with van der Waals surface area (Å²) >= 11 is 0. The van der Waals surface area contributed by atoms with E-state index in [2.05, 4.69) is 24.0 Å². The number of rotatable bonds is 4. The maximum atomic E-state index is 10.7. The maximum absolute atomic E-state index is 10.7. The first-order valence-electron chi connectivity index (χ1n) is 6.85. The highest BCUT2D eigenvalue weighted by atomic mass is 16.5. The van der Waals surface area contributed by atoms with E-state index >= 15 is 0 Å². The average Bonchev–Trinajstić information content (AvgIpc) is 2.41. The van der Waals surface area contributed by atoms with Gasteiger partial charge in [0, 0.05) is 31.9 Å². The van der Waals surface area contributed by atoms with E-state index in [1.807, 2.05) is 11.8 Å². The molecular weight excluding hydrogens is 256 g/mol. The minimum absolute atomic E-state index is 0.133. The number of ether oxygens (including phenoxy) is 1. The smallest absolute Gasteiger partial charge is 0.317 e. The first-order chi connectivity index (χ1) is 9.51. The summed E-state index contributed by atoms with van der Waals surface area (Å²) in [7, 11) is 1.69. The minimum Gasteiger partial charge on any atom is -0.496 e. The number of carbonyl (C=O) groups is 1. The molecule has 1 saturated heterocycles. The number of carboxylic acid groups (broad SMARTS) is 1. The molecule has 0 spiro atoms. The summed E-state index contributed by atoms with van der Waals surface area (Å²) in [5.74, 6) is 0.158. The van der Waals surface area contributed by atoms with Gasteiger partial charge < -0.3 is 14.7 Å². The van der Waals surface area contributed by atoms with E-state index < -0.39 is 5.97 Å². The average molecular weight is 278 g/mol. The van der Waals surface area contributed by atoms with Gasteiger partial charge in [0.1, 0.15) is 5.75 Å². The number of hydrogen-bond donors (Lipinski definition) is 1. The van der Waals surface area contributed by atoms with Crippen LogP contribution in [0.25, 0.3) is 0 Å². The molecule has 1 aromatic carbocycles. The fraction of sp³-hybridized carbons (Fsp3) is 0.533. The van der Waals surface area contributed by atoms with Crippen molar-refractivity contribution in [2.75, 3.05) is 44.7 Å². The van der Waals surface area contributed by atoms with Crippen molar-refractivity contribution in [1.82, 2.24) is 4.90 Å². The number of methoxy groups -OCH3 is 1. The Bertz CT molecular complexity index is 494. The van der Waals surface area contributed by atoms with Gasteiger partial charge in [0.15, 0.2) is 0 Å². The van der Waals surface area contributed by atoms with E-state index in [1.54, 1.807) is 7.11 Å². The lowest BCUT2D eigenvalue weighted by Gasteiger charge is -2.36. The van der Waals surface area contributed by atoms with Crippen LogP contribution in [0.15, 0.2) is 12.1 Å². The number of piperazine rings is 1. The maximum Gasteiger partial charge on any atom is 0.317 e. The lowest BCUT2D eigenvalue weighted by molar-refractivity contribution is -0.138. The van der Waals surface area contributed by atoms with E-state index in [4.69, 9.17) is 9.84 Å². The van der Waals surface area contributed by atoms with Crippen LogP contribution in [-0.4, -0.2) is 55.8 Å².